The third kappa shape index (κ3) is 64.8. The Kier molecular flexibility index (Phi) is 66.4. The number of aliphatic hydroxyl groups excluding tert-OH is 2. The van der Waals surface area contributed by atoms with Crippen molar-refractivity contribution in [2.45, 2.75) is 392 Å². The number of esters is 1. The molecule has 0 saturated heterocycles. The van der Waals surface area contributed by atoms with E-state index in [-0.39, 0.29) is 18.5 Å². The van der Waals surface area contributed by atoms with Crippen LogP contribution in [0.5, 0.6) is 0 Å². The van der Waals surface area contributed by atoms with E-state index in [1.165, 1.54) is 302 Å². The van der Waals surface area contributed by atoms with Gasteiger partial charge in [0.2, 0.25) is 5.91 Å². The average Bonchev–Trinajstić information content (AvgIpc) is 3.45. The largest absolute Gasteiger partial charge is 0.466 e. The van der Waals surface area contributed by atoms with Crippen LogP contribution < -0.4 is 5.32 Å². The molecule has 0 bridgehead atoms. The fraction of sp³-hybridized carbons (Fsp3) is 0.863. The number of amides is 1. The number of carbonyl (C=O) groups excluding carboxylic acids is 2. The molecule has 2 unspecified atom stereocenters. The summed E-state index contributed by atoms with van der Waals surface area (Å²) in [6, 6.07) is -0.628. The fourth-order valence-corrected chi connectivity index (χ4v) is 10.9. The van der Waals surface area contributed by atoms with Crippen molar-refractivity contribution < 1.29 is 24.5 Å². The molecule has 1 amide bonds. The Labute approximate surface area is 493 Å². The van der Waals surface area contributed by atoms with Gasteiger partial charge in [-0.05, 0) is 89.9 Å². The first-order chi connectivity index (χ1) is 39.0. The maximum atomic E-state index is 12.5. The topological polar surface area (TPSA) is 95.9 Å². The smallest absolute Gasteiger partial charge is 0.305 e. The van der Waals surface area contributed by atoms with Gasteiger partial charge in [0, 0.05) is 12.8 Å². The van der Waals surface area contributed by atoms with Gasteiger partial charge in [0.25, 0.3) is 0 Å². The lowest BCUT2D eigenvalue weighted by atomic mass is 10.0. The lowest BCUT2D eigenvalue weighted by Gasteiger charge is -2.20. The number of hydrogen-bond donors (Lipinski definition) is 3. The van der Waals surface area contributed by atoms with Crippen LogP contribution in [0, 0.1) is 0 Å². The zero-order valence-corrected chi connectivity index (χ0v) is 53.1. The Balaban J connectivity index is 3.41. The standard InChI is InChI=1S/C73H137NO5/c1-3-5-7-9-11-13-15-17-19-38-41-45-49-53-57-61-65-71(76)70(69-75)74-72(77)66-62-58-54-50-46-42-39-35-33-31-29-27-25-23-21-20-22-24-26-28-30-32-34-36-40-44-48-52-56-60-64-68-79-73(78)67-63-59-55-51-47-43-37-18-16-14-12-10-8-6-4-2/h18,22,24,28,30,37,61,65,70-71,75-76H,3-17,19-21,23,25-27,29,31-36,38-60,62-64,66-69H2,1-2H3,(H,74,77)/b24-22-,30-28-,37-18-,65-61+. The first kappa shape index (κ1) is 76.8. The van der Waals surface area contributed by atoms with E-state index in [1.54, 1.807) is 6.08 Å². The minimum Gasteiger partial charge on any atom is -0.466 e. The summed E-state index contributed by atoms with van der Waals surface area (Å²) in [5, 5.41) is 23.2. The number of carbonyl (C=O) groups is 2. The Bertz CT molecular complexity index is 1320. The SMILES string of the molecule is CCCCCCCC/C=C\CCCCCCCC(=O)OCCCCCCCCCCC/C=C\C/C=C\CCCCCCCCCCCCCCCCCC(=O)NC(CO)C(O)/C=C/CCCCCCCCCCCCCCCC. The molecule has 3 N–H and O–H groups in total. The monoisotopic (exact) mass is 1110 g/mol. The highest BCUT2D eigenvalue weighted by Crippen LogP contribution is 2.18. The Morgan fingerprint density at radius 1 is 0.354 bits per heavy atom. The number of hydrogen-bond acceptors (Lipinski definition) is 5. The summed E-state index contributed by atoms with van der Waals surface area (Å²) in [6.45, 7) is 4.92. The van der Waals surface area contributed by atoms with Crippen molar-refractivity contribution in [1.29, 1.82) is 0 Å². The molecule has 2 atom stereocenters. The molecule has 0 aliphatic rings. The Morgan fingerprint density at radius 2 is 0.633 bits per heavy atom. The van der Waals surface area contributed by atoms with Gasteiger partial charge in [0.15, 0.2) is 0 Å². The number of unbranched alkanes of at least 4 members (excludes halogenated alkanes) is 49. The van der Waals surface area contributed by atoms with Gasteiger partial charge in [-0.15, -0.1) is 0 Å². The van der Waals surface area contributed by atoms with Crippen LogP contribution in [0.2, 0.25) is 0 Å². The molecule has 6 heteroatoms. The normalized spacial score (nSPS) is 12.8. The van der Waals surface area contributed by atoms with Crippen LogP contribution >= 0.6 is 0 Å². The number of allylic oxidation sites excluding steroid dienone is 7. The second-order valence-electron chi connectivity index (χ2n) is 24.2. The molecule has 0 fully saturated rings. The quantitative estimate of drug-likeness (QED) is 0.0320. The van der Waals surface area contributed by atoms with Crippen LogP contribution in [0.25, 0.3) is 0 Å². The first-order valence-corrected chi connectivity index (χ1v) is 35.4. The summed E-state index contributed by atoms with van der Waals surface area (Å²) < 4.78 is 5.49. The molecule has 6 nitrogen and oxygen atoms in total. The van der Waals surface area contributed by atoms with E-state index in [0.29, 0.717) is 19.4 Å². The molecule has 0 aromatic carbocycles. The molecular weight excluding hydrogens is 971 g/mol. The maximum absolute atomic E-state index is 12.5. The third-order valence-electron chi connectivity index (χ3n) is 16.3. The molecule has 464 valence electrons. The molecule has 79 heavy (non-hydrogen) atoms. The molecule has 0 aliphatic heterocycles. The first-order valence-electron chi connectivity index (χ1n) is 35.4. The van der Waals surface area contributed by atoms with Crippen LogP contribution in [0.3, 0.4) is 0 Å². The van der Waals surface area contributed by atoms with E-state index >= 15 is 0 Å². The van der Waals surface area contributed by atoms with Gasteiger partial charge in [-0.3, -0.25) is 9.59 Å². The van der Waals surface area contributed by atoms with Gasteiger partial charge < -0.3 is 20.3 Å². The second-order valence-corrected chi connectivity index (χ2v) is 24.2. The molecule has 0 radical (unpaired) electrons. The van der Waals surface area contributed by atoms with E-state index in [0.717, 1.165) is 51.4 Å². The predicted octanol–water partition coefficient (Wildman–Crippen LogP) is 22.9. The Hall–Kier alpha value is -2.18. The summed E-state index contributed by atoms with van der Waals surface area (Å²) in [6.07, 6.45) is 89.0. The van der Waals surface area contributed by atoms with Gasteiger partial charge >= 0.3 is 5.97 Å². The lowest BCUT2D eigenvalue weighted by Crippen LogP contribution is -2.45. The van der Waals surface area contributed by atoms with Gasteiger partial charge in [-0.2, -0.15) is 0 Å². The van der Waals surface area contributed by atoms with E-state index < -0.39 is 12.1 Å². The molecule has 0 aliphatic carbocycles. The maximum Gasteiger partial charge on any atom is 0.305 e. The van der Waals surface area contributed by atoms with E-state index in [4.69, 9.17) is 4.74 Å². The lowest BCUT2D eigenvalue weighted by molar-refractivity contribution is -0.143. The van der Waals surface area contributed by atoms with E-state index in [9.17, 15) is 19.8 Å². The predicted molar refractivity (Wildman–Crippen MR) is 347 cm³/mol. The van der Waals surface area contributed by atoms with Crippen LogP contribution in [0.4, 0.5) is 0 Å². The van der Waals surface area contributed by atoms with Gasteiger partial charge in [0.05, 0.1) is 25.4 Å². The van der Waals surface area contributed by atoms with Crippen LogP contribution in [-0.4, -0.2) is 47.4 Å². The van der Waals surface area contributed by atoms with E-state index in [1.807, 2.05) is 6.08 Å². The molecule has 0 aromatic rings. The number of rotatable bonds is 66. The van der Waals surface area contributed by atoms with Crippen molar-refractivity contribution >= 4 is 11.9 Å². The summed E-state index contributed by atoms with van der Waals surface area (Å²) in [7, 11) is 0. The molecule has 0 rings (SSSR count). The molecule has 0 heterocycles. The summed E-state index contributed by atoms with van der Waals surface area (Å²) >= 11 is 0. The number of nitrogens with one attached hydrogen (secondary N) is 1. The zero-order valence-electron chi connectivity index (χ0n) is 53.1. The number of aliphatic hydroxyl groups is 2. The summed E-state index contributed by atoms with van der Waals surface area (Å²) in [4.78, 5) is 24.6. The van der Waals surface area contributed by atoms with Gasteiger partial charge in [-0.25, -0.2) is 0 Å². The highest BCUT2D eigenvalue weighted by atomic mass is 16.5. The van der Waals surface area contributed by atoms with Crippen molar-refractivity contribution in [3.63, 3.8) is 0 Å². The second kappa shape index (κ2) is 68.3. The zero-order chi connectivity index (χ0) is 57.1. The molecular formula is C73H137NO5. The molecule has 0 saturated carbocycles. The highest BCUT2D eigenvalue weighted by Gasteiger charge is 2.18. The van der Waals surface area contributed by atoms with Crippen LogP contribution in [0.1, 0.15) is 380 Å². The minimum absolute atomic E-state index is 0.00504. The van der Waals surface area contributed by atoms with Crippen LogP contribution in [0.15, 0.2) is 48.6 Å². The number of ether oxygens (including phenoxy) is 1. The molecule has 0 spiro atoms. The summed E-state index contributed by atoms with van der Waals surface area (Å²) in [5.74, 6) is -0.0604. The van der Waals surface area contributed by atoms with Gasteiger partial charge in [-0.1, -0.05) is 326 Å². The fourth-order valence-electron chi connectivity index (χ4n) is 10.9. The molecule has 0 aromatic heterocycles. The minimum atomic E-state index is -0.845. The van der Waals surface area contributed by atoms with Crippen molar-refractivity contribution in [3.05, 3.63) is 48.6 Å². The average molecular weight is 1110 g/mol. The third-order valence-corrected chi connectivity index (χ3v) is 16.3. The summed E-state index contributed by atoms with van der Waals surface area (Å²) in [5.41, 5.74) is 0. The van der Waals surface area contributed by atoms with Crippen molar-refractivity contribution in [3.8, 4) is 0 Å². The van der Waals surface area contributed by atoms with E-state index in [2.05, 4.69) is 55.6 Å². The van der Waals surface area contributed by atoms with Crippen molar-refractivity contribution in [2.24, 2.45) is 0 Å². The van der Waals surface area contributed by atoms with Crippen molar-refractivity contribution in [2.75, 3.05) is 13.2 Å². The van der Waals surface area contributed by atoms with Crippen molar-refractivity contribution in [1.82, 2.24) is 5.32 Å². The van der Waals surface area contributed by atoms with Gasteiger partial charge in [0.1, 0.15) is 0 Å². The Morgan fingerprint density at radius 3 is 0.975 bits per heavy atom. The van der Waals surface area contributed by atoms with Crippen LogP contribution in [-0.2, 0) is 14.3 Å². The highest BCUT2D eigenvalue weighted by molar-refractivity contribution is 5.76.